The van der Waals surface area contributed by atoms with Crippen LogP contribution in [0, 0.1) is 0 Å². The molecule has 0 radical (unpaired) electrons. The van der Waals surface area contributed by atoms with Crippen LogP contribution in [-0.2, 0) is 0 Å². The Balaban J connectivity index is 1.78. The van der Waals surface area contributed by atoms with E-state index >= 15 is 0 Å². The first-order valence-electron chi connectivity index (χ1n) is 8.27. The highest BCUT2D eigenvalue weighted by atomic mass is 35.5. The molecular weight excluding hydrogens is 344 g/mol. The number of fused-ring (bicyclic) bond motifs is 1. The molecule has 0 saturated heterocycles. The molecule has 2 nitrogen and oxygen atoms in total. The van der Waals surface area contributed by atoms with Gasteiger partial charge in [-0.1, -0.05) is 78.3 Å². The average Bonchev–Trinajstić information content (AvgIpc) is 3.07. The number of hydrogen-bond donors (Lipinski definition) is 0. The topological polar surface area (TPSA) is 30.2 Å². The van der Waals surface area contributed by atoms with E-state index in [0.29, 0.717) is 16.4 Å². The van der Waals surface area contributed by atoms with E-state index in [1.54, 1.807) is 18.2 Å². The summed E-state index contributed by atoms with van der Waals surface area (Å²) in [5.74, 6) is 0.178. The van der Waals surface area contributed by atoms with Gasteiger partial charge in [-0.2, -0.15) is 0 Å². The van der Waals surface area contributed by atoms with Crippen molar-refractivity contribution in [2.24, 2.45) is 0 Å². The summed E-state index contributed by atoms with van der Waals surface area (Å²) in [6, 6.07) is 24.8. The Labute approximate surface area is 156 Å². The monoisotopic (exact) mass is 358 g/mol. The molecule has 126 valence electrons. The van der Waals surface area contributed by atoms with E-state index < -0.39 is 0 Å². The molecule has 0 amide bonds. The number of allylic oxidation sites excluding steroid dienone is 1. The van der Waals surface area contributed by atoms with Crippen molar-refractivity contribution in [2.45, 2.75) is 0 Å². The summed E-state index contributed by atoms with van der Waals surface area (Å²) in [4.78, 5) is 12.8. The molecule has 3 aromatic carbocycles. The van der Waals surface area contributed by atoms with Gasteiger partial charge in [-0.05, 0) is 35.4 Å². The smallest absolute Gasteiger partial charge is 0.221 e. The van der Waals surface area contributed by atoms with Crippen LogP contribution in [0.3, 0.4) is 0 Å². The van der Waals surface area contributed by atoms with Crippen molar-refractivity contribution in [3.8, 4) is 11.1 Å². The van der Waals surface area contributed by atoms with Gasteiger partial charge in [-0.15, -0.1) is 0 Å². The van der Waals surface area contributed by atoms with E-state index in [2.05, 4.69) is 0 Å². The summed E-state index contributed by atoms with van der Waals surface area (Å²) < 4.78 is 5.90. The molecule has 1 aromatic heterocycles. The van der Waals surface area contributed by atoms with E-state index in [1.807, 2.05) is 66.7 Å². The first-order chi connectivity index (χ1) is 12.7. The van der Waals surface area contributed by atoms with Crippen molar-refractivity contribution in [3.63, 3.8) is 0 Å². The van der Waals surface area contributed by atoms with Crippen molar-refractivity contribution in [2.75, 3.05) is 0 Å². The third-order valence-electron chi connectivity index (χ3n) is 4.18. The number of carbonyl (C=O) groups excluding carboxylic acids is 1. The summed E-state index contributed by atoms with van der Waals surface area (Å²) in [6.45, 7) is 0. The minimum Gasteiger partial charge on any atom is -0.452 e. The Morgan fingerprint density at radius 2 is 1.54 bits per heavy atom. The van der Waals surface area contributed by atoms with Gasteiger partial charge in [-0.3, -0.25) is 4.79 Å². The van der Waals surface area contributed by atoms with Gasteiger partial charge in [0.05, 0.1) is 0 Å². The van der Waals surface area contributed by atoms with E-state index in [9.17, 15) is 4.79 Å². The zero-order valence-corrected chi connectivity index (χ0v) is 14.6. The van der Waals surface area contributed by atoms with Gasteiger partial charge in [-0.25, -0.2) is 0 Å². The Morgan fingerprint density at radius 1 is 0.846 bits per heavy atom. The van der Waals surface area contributed by atoms with Crippen LogP contribution in [0.15, 0.2) is 89.4 Å². The lowest BCUT2D eigenvalue weighted by molar-refractivity contribution is 0.102. The summed E-state index contributed by atoms with van der Waals surface area (Å²) >= 11 is 5.90. The largest absolute Gasteiger partial charge is 0.452 e. The van der Waals surface area contributed by atoms with E-state index in [1.165, 1.54) is 6.08 Å². The molecular formula is C23H15ClO2. The van der Waals surface area contributed by atoms with Crippen molar-refractivity contribution in [3.05, 3.63) is 101 Å². The molecule has 26 heavy (non-hydrogen) atoms. The van der Waals surface area contributed by atoms with E-state index in [-0.39, 0.29) is 5.78 Å². The van der Waals surface area contributed by atoms with Gasteiger partial charge >= 0.3 is 0 Å². The van der Waals surface area contributed by atoms with Gasteiger partial charge in [0.1, 0.15) is 5.58 Å². The Hall–Kier alpha value is -3.10. The second-order valence-corrected chi connectivity index (χ2v) is 6.35. The fraction of sp³-hybridized carbons (Fsp3) is 0. The lowest BCUT2D eigenvalue weighted by Crippen LogP contribution is -1.94. The first-order valence-corrected chi connectivity index (χ1v) is 8.65. The summed E-state index contributed by atoms with van der Waals surface area (Å²) in [5.41, 5.74) is 3.39. The number of hydrogen-bond acceptors (Lipinski definition) is 2. The maximum absolute atomic E-state index is 12.8. The summed E-state index contributed by atoms with van der Waals surface area (Å²) in [5, 5.41) is 1.60. The summed E-state index contributed by atoms with van der Waals surface area (Å²) in [7, 11) is 0. The molecule has 0 aliphatic heterocycles. The Morgan fingerprint density at radius 3 is 2.31 bits per heavy atom. The fourth-order valence-corrected chi connectivity index (χ4v) is 3.06. The van der Waals surface area contributed by atoms with Gasteiger partial charge in [0.2, 0.25) is 5.78 Å². The van der Waals surface area contributed by atoms with Gasteiger partial charge < -0.3 is 4.42 Å². The van der Waals surface area contributed by atoms with Gasteiger partial charge in [0.15, 0.2) is 5.76 Å². The van der Waals surface area contributed by atoms with Crippen LogP contribution in [0.5, 0.6) is 0 Å². The van der Waals surface area contributed by atoms with E-state index in [0.717, 1.165) is 22.1 Å². The van der Waals surface area contributed by atoms with Gasteiger partial charge in [0.25, 0.3) is 0 Å². The molecule has 0 atom stereocenters. The highest BCUT2D eigenvalue weighted by Gasteiger charge is 2.19. The molecule has 1 heterocycles. The number of ketones is 1. The molecule has 0 saturated carbocycles. The summed E-state index contributed by atoms with van der Waals surface area (Å²) in [6.07, 6.45) is 3.30. The quantitative estimate of drug-likeness (QED) is 0.302. The zero-order chi connectivity index (χ0) is 17.9. The highest BCUT2D eigenvalue weighted by Crippen LogP contribution is 2.35. The molecule has 0 spiro atoms. The second kappa shape index (κ2) is 7.03. The number of rotatable bonds is 4. The number of para-hydroxylation sites is 1. The molecule has 4 aromatic rings. The molecule has 4 rings (SSSR count). The molecule has 0 aliphatic carbocycles. The van der Waals surface area contributed by atoms with Crippen LogP contribution >= 0.6 is 11.6 Å². The van der Waals surface area contributed by atoms with Crippen molar-refractivity contribution in [1.29, 1.82) is 0 Å². The van der Waals surface area contributed by atoms with Crippen LogP contribution in [0.25, 0.3) is 28.2 Å². The predicted molar refractivity (Wildman–Crippen MR) is 106 cm³/mol. The van der Waals surface area contributed by atoms with Crippen molar-refractivity contribution < 1.29 is 9.21 Å². The van der Waals surface area contributed by atoms with Crippen LogP contribution in [-0.4, -0.2) is 5.78 Å². The van der Waals surface area contributed by atoms with Crippen LogP contribution in [0.2, 0.25) is 5.02 Å². The fourth-order valence-electron chi connectivity index (χ4n) is 2.93. The highest BCUT2D eigenvalue weighted by molar-refractivity contribution is 6.30. The number of carbonyl (C=O) groups is 1. The normalized spacial score (nSPS) is 11.3. The molecule has 3 heteroatoms. The number of benzene rings is 3. The standard InChI is InChI=1S/C23H15ClO2/c24-18-13-10-16(11-14-18)12-15-20(25)23-22(17-6-2-1-3-7-17)19-8-4-5-9-21(19)26-23/h1-15H. The third kappa shape index (κ3) is 3.19. The molecule has 0 N–H and O–H groups in total. The molecule has 0 aliphatic rings. The van der Waals surface area contributed by atoms with Crippen molar-refractivity contribution in [1.82, 2.24) is 0 Å². The Kier molecular flexibility index (Phi) is 4.42. The lowest BCUT2D eigenvalue weighted by Gasteiger charge is -2.01. The molecule has 0 unspecified atom stereocenters. The Bertz CT molecular complexity index is 1090. The molecule has 0 bridgehead atoms. The first kappa shape index (κ1) is 16.4. The SMILES string of the molecule is O=C(C=Cc1ccc(Cl)cc1)c1oc2ccccc2c1-c1ccccc1. The van der Waals surface area contributed by atoms with Crippen LogP contribution in [0.4, 0.5) is 0 Å². The average molecular weight is 359 g/mol. The minimum absolute atomic E-state index is 0.171. The number of halogens is 1. The second-order valence-electron chi connectivity index (χ2n) is 5.92. The number of furan rings is 1. The maximum Gasteiger partial charge on any atom is 0.221 e. The lowest BCUT2D eigenvalue weighted by atomic mass is 10.00. The third-order valence-corrected chi connectivity index (χ3v) is 4.43. The zero-order valence-electron chi connectivity index (χ0n) is 13.9. The van der Waals surface area contributed by atoms with Gasteiger partial charge in [0, 0.05) is 16.0 Å². The van der Waals surface area contributed by atoms with Crippen LogP contribution in [0.1, 0.15) is 16.1 Å². The van der Waals surface area contributed by atoms with Crippen molar-refractivity contribution >= 4 is 34.4 Å². The minimum atomic E-state index is -0.171. The predicted octanol–water partition coefficient (Wildman–Crippen LogP) is 6.65. The maximum atomic E-state index is 12.8. The van der Waals surface area contributed by atoms with Crippen LogP contribution < -0.4 is 0 Å². The van der Waals surface area contributed by atoms with E-state index in [4.69, 9.17) is 16.0 Å². The molecule has 0 fully saturated rings.